The summed E-state index contributed by atoms with van der Waals surface area (Å²) in [6, 6.07) is 54.0. The number of hydrogen-bond acceptors (Lipinski definition) is 3. The quantitative estimate of drug-likeness (QED) is 0.0938. The first kappa shape index (κ1) is 35.5. The Morgan fingerprint density at radius 1 is 0.649 bits per heavy atom. The second-order valence-electron chi connectivity index (χ2n) is 13.7. The average Bonchev–Trinajstić information content (AvgIpc) is 3.84. The van der Waals surface area contributed by atoms with Crippen molar-refractivity contribution in [1.29, 1.82) is 5.41 Å². The van der Waals surface area contributed by atoms with Crippen LogP contribution in [0.25, 0.3) is 69.9 Å². The highest BCUT2D eigenvalue weighted by Gasteiger charge is 2.17. The van der Waals surface area contributed by atoms with E-state index in [0.29, 0.717) is 11.4 Å². The highest BCUT2D eigenvalue weighted by atomic mass is 32.1. The molecule has 7 aromatic carbocycles. The van der Waals surface area contributed by atoms with Crippen LogP contribution in [0, 0.1) is 5.41 Å². The summed E-state index contributed by atoms with van der Waals surface area (Å²) >= 11 is 1.85. The molecule has 0 bridgehead atoms. The van der Waals surface area contributed by atoms with Crippen LogP contribution in [0.1, 0.15) is 29.2 Å². The van der Waals surface area contributed by atoms with Gasteiger partial charge in [-0.05, 0) is 70.6 Å². The lowest BCUT2D eigenvalue weighted by atomic mass is 9.96. The van der Waals surface area contributed by atoms with Crippen LogP contribution in [-0.4, -0.2) is 17.9 Å². The van der Waals surface area contributed by atoms with Crippen LogP contribution in [0.2, 0.25) is 0 Å². The normalized spacial score (nSPS) is 12.5. The molecule has 4 nitrogen and oxygen atoms in total. The Balaban J connectivity index is 1.13. The summed E-state index contributed by atoms with van der Waals surface area (Å²) in [5.74, 6) is 0.562. The molecule has 0 amide bonds. The Kier molecular flexibility index (Phi) is 9.65. The van der Waals surface area contributed by atoms with Crippen molar-refractivity contribution >= 4 is 76.9 Å². The number of nitrogens with zero attached hydrogens (tertiary/aromatic N) is 2. The molecule has 0 spiro atoms. The van der Waals surface area contributed by atoms with E-state index in [9.17, 15) is 0 Å². The van der Waals surface area contributed by atoms with E-state index in [1.165, 1.54) is 36.9 Å². The van der Waals surface area contributed by atoms with E-state index in [1.54, 1.807) is 6.08 Å². The van der Waals surface area contributed by atoms with Crippen molar-refractivity contribution in [3.05, 3.63) is 211 Å². The lowest BCUT2D eigenvalue weighted by molar-refractivity contribution is 0.669. The smallest absolute Gasteiger partial charge is 0.161 e. The maximum absolute atomic E-state index is 9.07. The van der Waals surface area contributed by atoms with E-state index in [4.69, 9.17) is 19.8 Å². The van der Waals surface area contributed by atoms with E-state index in [0.717, 1.165) is 49.8 Å². The van der Waals surface area contributed by atoms with Gasteiger partial charge in [-0.3, -0.25) is 5.41 Å². The molecular formula is C52H37N3OS. The molecular weight excluding hydrogens is 715 g/mol. The maximum Gasteiger partial charge on any atom is 0.161 e. The van der Waals surface area contributed by atoms with Gasteiger partial charge in [-0.25, -0.2) is 9.98 Å². The summed E-state index contributed by atoms with van der Waals surface area (Å²) in [6.45, 7) is 5.85. The van der Waals surface area contributed by atoms with Crippen molar-refractivity contribution in [2.45, 2.75) is 6.92 Å². The van der Waals surface area contributed by atoms with Crippen LogP contribution in [-0.2, 0) is 0 Å². The first-order valence-corrected chi connectivity index (χ1v) is 19.7. The fraction of sp³-hybridized carbons (Fsp3) is 0.0192. The molecule has 0 saturated carbocycles. The minimum atomic E-state index is 0.119. The SMILES string of the molecule is C=C/C=C(\C=C/C)c1cccc(C(=N)N=C(N=Cc2cccc3oc4ccc(-c5cccc6sc7c(-c8ccccc8)cccc7c56)cc4c23)c2ccccc2)c1. The number of furan rings is 1. The molecule has 9 aromatic rings. The molecule has 0 aliphatic carbocycles. The minimum Gasteiger partial charge on any atom is -0.456 e. The molecule has 272 valence electrons. The van der Waals surface area contributed by atoms with Crippen LogP contribution in [0.3, 0.4) is 0 Å². The Labute approximate surface area is 335 Å². The fourth-order valence-electron chi connectivity index (χ4n) is 7.52. The number of benzene rings is 7. The Hall–Kier alpha value is -7.21. The zero-order valence-corrected chi connectivity index (χ0v) is 32.1. The molecule has 0 atom stereocenters. The van der Waals surface area contributed by atoms with Gasteiger partial charge in [0.1, 0.15) is 11.2 Å². The molecule has 2 heterocycles. The summed E-state index contributed by atoms with van der Waals surface area (Å²) < 4.78 is 8.98. The standard InChI is InChI=1S/C52H37N3OS/c1-3-15-34(16-4-2)37-21-11-22-39(31-37)51(53)55-52(36-19-9-6-10-20-36)54-33-40-23-12-27-46-48(40)44-32-38(29-30-45(44)56-46)41-24-14-28-47-49(41)43-26-13-25-42(50(43)57-47)35-17-7-5-8-18-35/h3-33,53H,1H2,2H3/b16-4-,34-15+,53-51?,54-33?,55-52?. The first-order chi connectivity index (χ1) is 28.1. The van der Waals surface area contributed by atoms with Gasteiger partial charge in [0.25, 0.3) is 0 Å². The number of aliphatic imine (C=N–C) groups is 2. The number of allylic oxidation sites excluding steroid dienone is 5. The van der Waals surface area contributed by atoms with Crippen molar-refractivity contribution in [3.8, 4) is 22.3 Å². The minimum absolute atomic E-state index is 0.119. The zero-order chi connectivity index (χ0) is 38.7. The molecule has 0 saturated heterocycles. The predicted octanol–water partition coefficient (Wildman–Crippen LogP) is 14.3. The van der Waals surface area contributed by atoms with Gasteiger partial charge in [-0.1, -0.05) is 158 Å². The third-order valence-electron chi connectivity index (χ3n) is 10.1. The van der Waals surface area contributed by atoms with Gasteiger partial charge in [0.15, 0.2) is 11.7 Å². The molecule has 0 aliphatic heterocycles. The highest BCUT2D eigenvalue weighted by Crippen LogP contribution is 2.44. The van der Waals surface area contributed by atoms with E-state index in [1.807, 2.05) is 109 Å². The molecule has 1 N–H and O–H groups in total. The fourth-order valence-corrected chi connectivity index (χ4v) is 8.78. The molecule has 0 aliphatic rings. The molecule has 2 aromatic heterocycles. The second kappa shape index (κ2) is 15.5. The van der Waals surface area contributed by atoms with Crippen LogP contribution in [0.5, 0.6) is 0 Å². The number of rotatable bonds is 8. The van der Waals surface area contributed by atoms with Crippen molar-refractivity contribution in [2.24, 2.45) is 9.98 Å². The van der Waals surface area contributed by atoms with Gasteiger partial charge in [0.2, 0.25) is 0 Å². The Morgan fingerprint density at radius 3 is 2.21 bits per heavy atom. The second-order valence-corrected chi connectivity index (χ2v) is 14.8. The van der Waals surface area contributed by atoms with Crippen LogP contribution in [0.15, 0.2) is 203 Å². The van der Waals surface area contributed by atoms with E-state index < -0.39 is 0 Å². The zero-order valence-electron chi connectivity index (χ0n) is 31.3. The average molecular weight is 752 g/mol. The number of fused-ring (bicyclic) bond motifs is 6. The molecule has 57 heavy (non-hydrogen) atoms. The number of nitrogens with one attached hydrogen (secondary N) is 1. The van der Waals surface area contributed by atoms with E-state index in [2.05, 4.69) is 97.6 Å². The topological polar surface area (TPSA) is 61.7 Å². The summed E-state index contributed by atoms with van der Waals surface area (Å²) in [7, 11) is 0. The lowest BCUT2D eigenvalue weighted by Gasteiger charge is -2.07. The summed E-state index contributed by atoms with van der Waals surface area (Å²) in [5, 5.41) is 13.6. The lowest BCUT2D eigenvalue weighted by Crippen LogP contribution is -2.05. The Bertz CT molecular complexity index is 3110. The van der Waals surface area contributed by atoms with Crippen molar-refractivity contribution < 1.29 is 4.42 Å². The molecule has 0 unspecified atom stereocenters. The summed E-state index contributed by atoms with van der Waals surface area (Å²) in [4.78, 5) is 9.78. The van der Waals surface area contributed by atoms with Crippen molar-refractivity contribution in [1.82, 2.24) is 0 Å². The monoisotopic (exact) mass is 751 g/mol. The van der Waals surface area contributed by atoms with Gasteiger partial charge in [0.05, 0.1) is 0 Å². The highest BCUT2D eigenvalue weighted by molar-refractivity contribution is 7.26. The van der Waals surface area contributed by atoms with Gasteiger partial charge in [0, 0.05) is 53.8 Å². The largest absolute Gasteiger partial charge is 0.456 e. The first-order valence-electron chi connectivity index (χ1n) is 18.9. The maximum atomic E-state index is 9.07. The molecule has 0 fully saturated rings. The van der Waals surface area contributed by atoms with Gasteiger partial charge in [-0.15, -0.1) is 11.3 Å². The van der Waals surface area contributed by atoms with Gasteiger partial charge in [-0.2, -0.15) is 0 Å². The third-order valence-corrected chi connectivity index (χ3v) is 11.3. The number of thiophene rings is 1. The summed E-state index contributed by atoms with van der Waals surface area (Å²) in [6.07, 6.45) is 9.59. The third kappa shape index (κ3) is 6.86. The summed E-state index contributed by atoms with van der Waals surface area (Å²) in [5.41, 5.74) is 10.8. The van der Waals surface area contributed by atoms with Crippen LogP contribution in [0.4, 0.5) is 0 Å². The van der Waals surface area contributed by atoms with Crippen molar-refractivity contribution in [2.75, 3.05) is 0 Å². The number of amidine groups is 2. The van der Waals surface area contributed by atoms with Gasteiger partial charge >= 0.3 is 0 Å². The molecule has 5 heteroatoms. The Morgan fingerprint density at radius 2 is 1.39 bits per heavy atom. The van der Waals surface area contributed by atoms with Crippen LogP contribution >= 0.6 is 11.3 Å². The predicted molar refractivity (Wildman–Crippen MR) is 244 cm³/mol. The molecule has 9 rings (SSSR count). The molecule has 0 radical (unpaired) electrons. The van der Waals surface area contributed by atoms with E-state index >= 15 is 0 Å². The van der Waals surface area contributed by atoms with Crippen molar-refractivity contribution in [3.63, 3.8) is 0 Å². The van der Waals surface area contributed by atoms with Gasteiger partial charge < -0.3 is 4.42 Å². The van der Waals surface area contributed by atoms with Crippen LogP contribution < -0.4 is 0 Å². The van der Waals surface area contributed by atoms with E-state index in [-0.39, 0.29) is 5.84 Å². The number of hydrogen-bond donors (Lipinski definition) is 1.